The van der Waals surface area contributed by atoms with Crippen LogP contribution in [-0.4, -0.2) is 18.1 Å². The SMILES string of the molecule is CCOc1ccc2nc(NCC3(C)CCC3)sc2c1. The molecule has 0 unspecified atom stereocenters. The first-order chi connectivity index (χ1) is 9.18. The Labute approximate surface area is 118 Å². The lowest BCUT2D eigenvalue weighted by Gasteiger charge is -2.38. The van der Waals surface area contributed by atoms with E-state index in [0.717, 1.165) is 22.9 Å². The van der Waals surface area contributed by atoms with E-state index in [2.05, 4.69) is 23.3 Å². The third-order valence-electron chi connectivity index (χ3n) is 3.90. The van der Waals surface area contributed by atoms with Gasteiger partial charge in [0.25, 0.3) is 0 Å². The molecule has 1 aliphatic rings. The van der Waals surface area contributed by atoms with E-state index in [1.165, 1.54) is 24.0 Å². The third kappa shape index (κ3) is 2.68. The van der Waals surface area contributed by atoms with Crippen LogP contribution >= 0.6 is 11.3 Å². The monoisotopic (exact) mass is 276 g/mol. The van der Waals surface area contributed by atoms with Crippen molar-refractivity contribution in [2.24, 2.45) is 5.41 Å². The number of hydrogen-bond acceptors (Lipinski definition) is 4. The standard InChI is InChI=1S/C15H20N2OS/c1-3-18-11-5-6-12-13(9-11)19-14(17-12)16-10-15(2)7-4-8-15/h5-6,9H,3-4,7-8,10H2,1-2H3,(H,16,17). The van der Waals surface area contributed by atoms with Crippen molar-refractivity contribution >= 4 is 26.7 Å². The van der Waals surface area contributed by atoms with Crippen molar-refractivity contribution in [3.8, 4) is 5.75 Å². The molecule has 0 bridgehead atoms. The summed E-state index contributed by atoms with van der Waals surface area (Å²) in [4.78, 5) is 4.63. The van der Waals surface area contributed by atoms with E-state index in [1.807, 2.05) is 19.1 Å². The molecule has 0 atom stereocenters. The fourth-order valence-electron chi connectivity index (χ4n) is 2.48. The zero-order valence-electron chi connectivity index (χ0n) is 11.5. The summed E-state index contributed by atoms with van der Waals surface area (Å²) in [5.74, 6) is 0.927. The second-order valence-electron chi connectivity index (χ2n) is 5.60. The molecule has 1 aromatic carbocycles. The van der Waals surface area contributed by atoms with Crippen LogP contribution in [0.5, 0.6) is 5.75 Å². The number of benzene rings is 1. The molecule has 0 radical (unpaired) electrons. The fourth-order valence-corrected chi connectivity index (χ4v) is 3.37. The number of hydrogen-bond donors (Lipinski definition) is 1. The average molecular weight is 276 g/mol. The lowest BCUT2D eigenvalue weighted by Crippen LogP contribution is -2.33. The molecule has 4 heteroatoms. The van der Waals surface area contributed by atoms with Gasteiger partial charge in [0.05, 0.1) is 16.8 Å². The highest BCUT2D eigenvalue weighted by Gasteiger charge is 2.31. The van der Waals surface area contributed by atoms with Gasteiger partial charge in [-0.25, -0.2) is 4.98 Å². The number of ether oxygens (including phenoxy) is 1. The van der Waals surface area contributed by atoms with Crippen molar-refractivity contribution in [2.75, 3.05) is 18.5 Å². The molecular formula is C15H20N2OS. The van der Waals surface area contributed by atoms with Gasteiger partial charge in [0.15, 0.2) is 5.13 Å². The van der Waals surface area contributed by atoms with Gasteiger partial charge in [-0.3, -0.25) is 0 Å². The zero-order chi connectivity index (χ0) is 13.3. The van der Waals surface area contributed by atoms with Gasteiger partial charge in [-0.05, 0) is 43.4 Å². The molecule has 0 amide bonds. The number of aromatic nitrogens is 1. The van der Waals surface area contributed by atoms with Crippen molar-refractivity contribution in [1.82, 2.24) is 4.98 Å². The Hall–Kier alpha value is -1.29. The Kier molecular flexibility index (Phi) is 3.35. The molecule has 1 fully saturated rings. The molecular weight excluding hydrogens is 256 g/mol. The van der Waals surface area contributed by atoms with Crippen molar-refractivity contribution in [2.45, 2.75) is 33.1 Å². The molecule has 3 nitrogen and oxygen atoms in total. The Morgan fingerprint density at radius 3 is 2.95 bits per heavy atom. The molecule has 0 aliphatic heterocycles. The quantitative estimate of drug-likeness (QED) is 0.884. The summed E-state index contributed by atoms with van der Waals surface area (Å²) in [7, 11) is 0. The molecule has 0 saturated heterocycles. The lowest BCUT2D eigenvalue weighted by molar-refractivity contribution is 0.180. The summed E-state index contributed by atoms with van der Waals surface area (Å²) in [6.07, 6.45) is 4.04. The van der Waals surface area contributed by atoms with Crippen LogP contribution in [0.3, 0.4) is 0 Å². The highest BCUT2D eigenvalue weighted by Crippen LogP contribution is 2.40. The van der Waals surface area contributed by atoms with Crippen LogP contribution in [0.25, 0.3) is 10.2 Å². The maximum atomic E-state index is 5.52. The topological polar surface area (TPSA) is 34.1 Å². The average Bonchev–Trinajstić information content (AvgIpc) is 2.76. The highest BCUT2D eigenvalue weighted by molar-refractivity contribution is 7.22. The van der Waals surface area contributed by atoms with Crippen molar-refractivity contribution in [3.05, 3.63) is 18.2 Å². The van der Waals surface area contributed by atoms with Gasteiger partial charge in [-0.2, -0.15) is 0 Å². The number of anilines is 1. The van der Waals surface area contributed by atoms with Crippen LogP contribution in [0.1, 0.15) is 33.1 Å². The molecule has 2 aromatic rings. The molecule has 102 valence electrons. The van der Waals surface area contributed by atoms with E-state index in [9.17, 15) is 0 Å². The molecule has 1 aliphatic carbocycles. The molecule has 19 heavy (non-hydrogen) atoms. The molecule has 1 saturated carbocycles. The summed E-state index contributed by atoms with van der Waals surface area (Å²) < 4.78 is 6.71. The second-order valence-corrected chi connectivity index (χ2v) is 6.63. The first-order valence-electron chi connectivity index (χ1n) is 6.96. The van der Waals surface area contributed by atoms with Gasteiger partial charge in [-0.1, -0.05) is 24.7 Å². The Morgan fingerprint density at radius 1 is 1.42 bits per heavy atom. The van der Waals surface area contributed by atoms with Crippen LogP contribution in [0.4, 0.5) is 5.13 Å². The van der Waals surface area contributed by atoms with Crippen molar-refractivity contribution in [1.29, 1.82) is 0 Å². The summed E-state index contributed by atoms with van der Waals surface area (Å²) in [5, 5.41) is 4.52. The molecule has 1 aromatic heterocycles. The molecule has 0 spiro atoms. The lowest BCUT2D eigenvalue weighted by atomic mass is 9.70. The van der Waals surface area contributed by atoms with E-state index in [0.29, 0.717) is 12.0 Å². The minimum atomic E-state index is 0.480. The maximum absolute atomic E-state index is 5.52. The predicted octanol–water partition coefficient (Wildman–Crippen LogP) is 4.30. The molecule has 1 N–H and O–H groups in total. The number of rotatable bonds is 5. The Bertz CT molecular complexity index is 575. The summed E-state index contributed by atoms with van der Waals surface area (Å²) in [6.45, 7) is 6.09. The van der Waals surface area contributed by atoms with Crippen molar-refractivity contribution < 1.29 is 4.74 Å². The summed E-state index contributed by atoms with van der Waals surface area (Å²) >= 11 is 1.71. The highest BCUT2D eigenvalue weighted by atomic mass is 32.1. The second kappa shape index (κ2) is 5.00. The van der Waals surface area contributed by atoms with Gasteiger partial charge in [0, 0.05) is 6.54 Å². The predicted molar refractivity (Wildman–Crippen MR) is 81.2 cm³/mol. The van der Waals surface area contributed by atoms with Gasteiger partial charge in [-0.15, -0.1) is 0 Å². The summed E-state index contributed by atoms with van der Waals surface area (Å²) in [5.41, 5.74) is 1.53. The first-order valence-corrected chi connectivity index (χ1v) is 7.77. The molecule has 3 rings (SSSR count). The number of thiazole rings is 1. The van der Waals surface area contributed by atoms with E-state index in [1.54, 1.807) is 11.3 Å². The minimum absolute atomic E-state index is 0.480. The van der Waals surface area contributed by atoms with E-state index in [4.69, 9.17) is 4.74 Å². The number of fused-ring (bicyclic) bond motifs is 1. The van der Waals surface area contributed by atoms with Crippen LogP contribution in [0.15, 0.2) is 18.2 Å². The minimum Gasteiger partial charge on any atom is -0.494 e. The van der Waals surface area contributed by atoms with E-state index < -0.39 is 0 Å². The van der Waals surface area contributed by atoms with Gasteiger partial charge < -0.3 is 10.1 Å². The molecule has 1 heterocycles. The Balaban J connectivity index is 1.73. The zero-order valence-corrected chi connectivity index (χ0v) is 12.3. The van der Waals surface area contributed by atoms with Crippen LogP contribution in [0.2, 0.25) is 0 Å². The normalized spacial score (nSPS) is 17.2. The number of nitrogens with zero attached hydrogens (tertiary/aromatic N) is 1. The summed E-state index contributed by atoms with van der Waals surface area (Å²) in [6, 6.07) is 6.10. The van der Waals surface area contributed by atoms with Gasteiger partial charge in [0.2, 0.25) is 0 Å². The van der Waals surface area contributed by atoms with E-state index >= 15 is 0 Å². The van der Waals surface area contributed by atoms with Crippen LogP contribution < -0.4 is 10.1 Å². The largest absolute Gasteiger partial charge is 0.494 e. The first kappa shape index (κ1) is 12.7. The Morgan fingerprint density at radius 2 is 2.26 bits per heavy atom. The van der Waals surface area contributed by atoms with Crippen LogP contribution in [-0.2, 0) is 0 Å². The van der Waals surface area contributed by atoms with Crippen LogP contribution in [0, 0.1) is 5.41 Å². The van der Waals surface area contributed by atoms with Crippen molar-refractivity contribution in [3.63, 3.8) is 0 Å². The van der Waals surface area contributed by atoms with E-state index in [-0.39, 0.29) is 0 Å². The van der Waals surface area contributed by atoms with Gasteiger partial charge >= 0.3 is 0 Å². The maximum Gasteiger partial charge on any atom is 0.183 e. The fraction of sp³-hybridized carbons (Fsp3) is 0.533. The van der Waals surface area contributed by atoms with Gasteiger partial charge in [0.1, 0.15) is 5.75 Å². The smallest absolute Gasteiger partial charge is 0.183 e. The number of nitrogens with one attached hydrogen (secondary N) is 1. The third-order valence-corrected chi connectivity index (χ3v) is 4.87.